The highest BCUT2D eigenvalue weighted by Gasteiger charge is 2.22. The average molecular weight is 433 g/mol. The molecule has 10 heteroatoms. The summed E-state index contributed by atoms with van der Waals surface area (Å²) in [4.78, 5) is 43.4. The van der Waals surface area contributed by atoms with Gasteiger partial charge in [-0.1, -0.05) is 6.07 Å². The standard InChI is InChI=1S/C19H20N4O4S2/c1-28-6-5-14(19(26)27)23-18(25)16-8-12-13(3-2-4-15(12)29-16)22-17(24)7-11-9-20-10-21-11/h2-4,8-10,14H,5-7H2,1H3,(H,20,21)(H,22,24)(H,23,25)(H,26,27)/t14-/m0/s1. The molecule has 0 spiro atoms. The third kappa shape index (κ3) is 5.36. The highest BCUT2D eigenvalue weighted by atomic mass is 32.2. The highest BCUT2D eigenvalue weighted by molar-refractivity contribution is 7.98. The van der Waals surface area contributed by atoms with E-state index in [4.69, 9.17) is 0 Å². The predicted molar refractivity (Wildman–Crippen MR) is 115 cm³/mol. The van der Waals surface area contributed by atoms with Crippen molar-refractivity contribution >= 4 is 56.7 Å². The van der Waals surface area contributed by atoms with E-state index in [1.165, 1.54) is 29.4 Å². The van der Waals surface area contributed by atoms with Gasteiger partial charge in [0.15, 0.2) is 0 Å². The molecule has 0 fully saturated rings. The van der Waals surface area contributed by atoms with Gasteiger partial charge in [0.25, 0.3) is 5.91 Å². The molecule has 0 saturated carbocycles. The number of hydrogen-bond donors (Lipinski definition) is 4. The molecule has 1 aromatic carbocycles. The van der Waals surface area contributed by atoms with Crippen LogP contribution in [0.1, 0.15) is 21.8 Å². The average Bonchev–Trinajstić information content (AvgIpc) is 3.34. The Morgan fingerprint density at radius 1 is 1.34 bits per heavy atom. The largest absolute Gasteiger partial charge is 0.480 e. The number of anilines is 1. The number of carbonyl (C=O) groups is 3. The van der Waals surface area contributed by atoms with Crippen molar-refractivity contribution in [2.75, 3.05) is 17.3 Å². The molecule has 2 aromatic heterocycles. The lowest BCUT2D eigenvalue weighted by Gasteiger charge is -2.12. The molecule has 1 atom stereocenters. The number of thioether (sulfide) groups is 1. The Balaban J connectivity index is 1.75. The number of aliphatic carboxylic acids is 1. The summed E-state index contributed by atoms with van der Waals surface area (Å²) in [6, 6.07) is 6.15. The Morgan fingerprint density at radius 3 is 2.86 bits per heavy atom. The molecule has 152 valence electrons. The van der Waals surface area contributed by atoms with Crippen molar-refractivity contribution in [2.45, 2.75) is 18.9 Å². The van der Waals surface area contributed by atoms with Crippen molar-refractivity contribution in [3.05, 3.63) is 47.4 Å². The Morgan fingerprint density at radius 2 is 2.17 bits per heavy atom. The molecule has 0 saturated heterocycles. The van der Waals surface area contributed by atoms with Crippen LogP contribution in [-0.2, 0) is 16.0 Å². The molecular weight excluding hydrogens is 412 g/mol. The minimum Gasteiger partial charge on any atom is -0.480 e. The van der Waals surface area contributed by atoms with Gasteiger partial charge in [-0.05, 0) is 36.6 Å². The van der Waals surface area contributed by atoms with Gasteiger partial charge in [-0.15, -0.1) is 11.3 Å². The van der Waals surface area contributed by atoms with Crippen molar-refractivity contribution in [2.24, 2.45) is 0 Å². The number of hydrogen-bond acceptors (Lipinski definition) is 6. The molecular formula is C19H20N4O4S2. The first-order valence-corrected chi connectivity index (χ1v) is 11.0. The molecule has 0 radical (unpaired) electrons. The number of rotatable bonds is 9. The number of aromatic nitrogens is 2. The van der Waals surface area contributed by atoms with Gasteiger partial charge in [0.2, 0.25) is 5.91 Å². The number of nitrogens with zero attached hydrogens (tertiary/aromatic N) is 1. The lowest BCUT2D eigenvalue weighted by Crippen LogP contribution is -2.40. The van der Waals surface area contributed by atoms with Crippen LogP contribution in [0.2, 0.25) is 0 Å². The second kappa shape index (κ2) is 9.57. The van der Waals surface area contributed by atoms with Crippen LogP contribution in [0.5, 0.6) is 0 Å². The molecule has 0 aliphatic heterocycles. The first-order valence-electron chi connectivity index (χ1n) is 8.80. The number of thiophene rings is 1. The smallest absolute Gasteiger partial charge is 0.326 e. The van der Waals surface area contributed by atoms with E-state index in [1.54, 1.807) is 24.4 Å². The maximum absolute atomic E-state index is 12.6. The fourth-order valence-corrected chi connectivity index (χ4v) is 4.22. The lowest BCUT2D eigenvalue weighted by atomic mass is 10.2. The fourth-order valence-electron chi connectivity index (χ4n) is 2.75. The van der Waals surface area contributed by atoms with Crippen molar-refractivity contribution in [1.82, 2.24) is 15.3 Å². The molecule has 4 N–H and O–H groups in total. The molecule has 2 amide bonds. The second-order valence-corrected chi connectivity index (χ2v) is 8.34. The molecule has 0 bridgehead atoms. The summed E-state index contributed by atoms with van der Waals surface area (Å²) in [6.45, 7) is 0. The Bertz CT molecular complexity index is 1020. The molecule has 0 aliphatic rings. The van der Waals surface area contributed by atoms with Gasteiger partial charge in [0.1, 0.15) is 6.04 Å². The molecule has 3 rings (SSSR count). The number of H-pyrrole nitrogens is 1. The van der Waals surface area contributed by atoms with Crippen LogP contribution in [-0.4, -0.2) is 50.9 Å². The minimum atomic E-state index is -1.06. The maximum atomic E-state index is 12.6. The Labute approximate surface area is 175 Å². The number of carbonyl (C=O) groups excluding carboxylic acids is 2. The summed E-state index contributed by atoms with van der Waals surface area (Å²) in [7, 11) is 0. The Kier molecular flexibility index (Phi) is 6.89. The first kappa shape index (κ1) is 20.9. The van der Waals surface area contributed by atoms with Crippen LogP contribution in [0.4, 0.5) is 5.69 Å². The summed E-state index contributed by atoms with van der Waals surface area (Å²) >= 11 is 2.78. The number of nitrogens with one attached hydrogen (secondary N) is 3. The van der Waals surface area contributed by atoms with E-state index in [9.17, 15) is 19.5 Å². The van der Waals surface area contributed by atoms with E-state index >= 15 is 0 Å². The molecule has 29 heavy (non-hydrogen) atoms. The van der Waals surface area contributed by atoms with Crippen LogP contribution in [0, 0.1) is 0 Å². The van der Waals surface area contributed by atoms with Crippen molar-refractivity contribution < 1.29 is 19.5 Å². The number of amides is 2. The van der Waals surface area contributed by atoms with Gasteiger partial charge in [0, 0.05) is 27.7 Å². The van der Waals surface area contributed by atoms with E-state index in [0.717, 1.165) is 10.1 Å². The summed E-state index contributed by atoms with van der Waals surface area (Å²) in [6.07, 6.45) is 5.49. The predicted octanol–water partition coefficient (Wildman–Crippen LogP) is 2.74. The summed E-state index contributed by atoms with van der Waals surface area (Å²) in [5.74, 6) is -1.06. The first-order chi connectivity index (χ1) is 14.0. The van der Waals surface area contributed by atoms with Crippen LogP contribution >= 0.6 is 23.1 Å². The number of carboxylic acid groups (broad SMARTS) is 1. The zero-order chi connectivity index (χ0) is 20.8. The maximum Gasteiger partial charge on any atom is 0.326 e. The van der Waals surface area contributed by atoms with E-state index in [1.807, 2.05) is 12.3 Å². The second-order valence-electron chi connectivity index (χ2n) is 6.28. The highest BCUT2D eigenvalue weighted by Crippen LogP contribution is 2.31. The number of imidazole rings is 1. The Hall–Kier alpha value is -2.85. The van der Waals surface area contributed by atoms with E-state index < -0.39 is 17.9 Å². The van der Waals surface area contributed by atoms with Gasteiger partial charge in [0.05, 0.1) is 17.6 Å². The van der Waals surface area contributed by atoms with E-state index in [-0.39, 0.29) is 12.3 Å². The number of benzene rings is 1. The van der Waals surface area contributed by atoms with Crippen LogP contribution in [0.3, 0.4) is 0 Å². The van der Waals surface area contributed by atoms with Crippen molar-refractivity contribution in [3.8, 4) is 0 Å². The zero-order valence-corrected chi connectivity index (χ0v) is 17.2. The third-order valence-corrected chi connectivity index (χ3v) is 5.92. The number of fused-ring (bicyclic) bond motifs is 1. The third-order valence-electron chi connectivity index (χ3n) is 4.18. The summed E-state index contributed by atoms with van der Waals surface area (Å²) in [5.41, 5.74) is 1.30. The summed E-state index contributed by atoms with van der Waals surface area (Å²) < 4.78 is 0.825. The van der Waals surface area contributed by atoms with Gasteiger partial charge in [-0.3, -0.25) is 9.59 Å². The molecule has 8 nitrogen and oxygen atoms in total. The fraction of sp³-hybridized carbons (Fsp3) is 0.263. The molecule has 0 aliphatic carbocycles. The van der Waals surface area contributed by atoms with Gasteiger partial charge < -0.3 is 20.7 Å². The monoisotopic (exact) mass is 432 g/mol. The van der Waals surface area contributed by atoms with Crippen LogP contribution in [0.15, 0.2) is 36.8 Å². The molecule has 2 heterocycles. The minimum absolute atomic E-state index is 0.156. The lowest BCUT2D eigenvalue weighted by molar-refractivity contribution is -0.139. The number of carboxylic acids is 1. The summed E-state index contributed by atoms with van der Waals surface area (Å²) in [5, 5.41) is 15.5. The van der Waals surface area contributed by atoms with Gasteiger partial charge in [-0.25, -0.2) is 9.78 Å². The molecule has 3 aromatic rings. The number of aromatic amines is 1. The zero-order valence-electron chi connectivity index (χ0n) is 15.6. The van der Waals surface area contributed by atoms with Gasteiger partial charge in [-0.2, -0.15) is 11.8 Å². The SMILES string of the molecule is CSCC[C@H](NC(=O)c1cc2c(NC(=O)Cc3cnc[nH]3)cccc2s1)C(=O)O. The quantitative estimate of drug-likeness (QED) is 0.412. The van der Waals surface area contributed by atoms with Gasteiger partial charge >= 0.3 is 5.97 Å². The van der Waals surface area contributed by atoms with E-state index in [0.29, 0.717) is 28.4 Å². The van der Waals surface area contributed by atoms with Crippen LogP contribution in [0.25, 0.3) is 10.1 Å². The topological polar surface area (TPSA) is 124 Å². The normalized spacial score (nSPS) is 11.9. The van der Waals surface area contributed by atoms with Crippen LogP contribution < -0.4 is 10.6 Å². The van der Waals surface area contributed by atoms with Crippen molar-refractivity contribution in [1.29, 1.82) is 0 Å². The molecule has 0 unspecified atom stereocenters. The van der Waals surface area contributed by atoms with Crippen molar-refractivity contribution in [3.63, 3.8) is 0 Å². The van der Waals surface area contributed by atoms with E-state index in [2.05, 4.69) is 20.6 Å².